The molecule has 166 valence electrons. The number of hydrogen-bond donors (Lipinski definition) is 1. The molecule has 3 aromatic rings. The molecule has 0 spiro atoms. The average molecular weight is 436 g/mol. The predicted molar refractivity (Wildman–Crippen MR) is 120 cm³/mol. The molecule has 9 heteroatoms. The lowest BCUT2D eigenvalue weighted by Crippen LogP contribution is -2.28. The van der Waals surface area contributed by atoms with Crippen LogP contribution in [0.3, 0.4) is 0 Å². The Morgan fingerprint density at radius 1 is 0.875 bits per heavy atom. The zero-order valence-electron chi connectivity index (χ0n) is 18.3. The van der Waals surface area contributed by atoms with Crippen LogP contribution in [0.1, 0.15) is 45.1 Å². The number of nitrogens with one attached hydrogen (secondary N) is 1. The van der Waals surface area contributed by atoms with Gasteiger partial charge in [0.1, 0.15) is 0 Å². The Morgan fingerprint density at radius 3 is 1.91 bits per heavy atom. The van der Waals surface area contributed by atoms with Crippen LogP contribution in [0.5, 0.6) is 0 Å². The number of fused-ring (bicyclic) bond motifs is 1. The van der Waals surface area contributed by atoms with Gasteiger partial charge in [0, 0.05) is 18.8 Å². The van der Waals surface area contributed by atoms with E-state index in [1.54, 1.807) is 6.07 Å². The second kappa shape index (κ2) is 9.86. The van der Waals surface area contributed by atoms with E-state index in [9.17, 15) is 14.4 Å². The van der Waals surface area contributed by atoms with E-state index in [1.807, 2.05) is 36.9 Å². The number of carbonyl (C=O) groups is 3. The van der Waals surface area contributed by atoms with Crippen LogP contribution in [0.15, 0.2) is 42.5 Å². The molecule has 9 nitrogen and oxygen atoms in total. The Balaban J connectivity index is 2.07. The van der Waals surface area contributed by atoms with Crippen molar-refractivity contribution < 1.29 is 23.9 Å². The van der Waals surface area contributed by atoms with Crippen LogP contribution in [0, 0.1) is 0 Å². The number of nitrogens with zero attached hydrogens (tertiary/aromatic N) is 3. The molecule has 0 aliphatic carbocycles. The lowest BCUT2D eigenvalue weighted by molar-refractivity contribution is 0.0599. The fourth-order valence-corrected chi connectivity index (χ4v) is 3.25. The number of aromatic nitrogens is 2. The first-order valence-electron chi connectivity index (χ1n) is 10.1. The van der Waals surface area contributed by atoms with E-state index < -0.39 is 17.8 Å². The number of hydrogen-bond acceptors (Lipinski definition) is 8. The summed E-state index contributed by atoms with van der Waals surface area (Å²) < 4.78 is 9.49. The summed E-state index contributed by atoms with van der Waals surface area (Å²) in [6.45, 7) is 5.19. The Labute approximate surface area is 185 Å². The number of benzene rings is 2. The van der Waals surface area contributed by atoms with Gasteiger partial charge in [0.15, 0.2) is 11.5 Å². The topological polar surface area (TPSA) is 111 Å². The SMILES string of the molecule is CCN(CC)c1nc2ccccc2nc1C(=O)Nc1cc(C(=O)OC)cc(C(=O)OC)c1. The van der Waals surface area contributed by atoms with E-state index >= 15 is 0 Å². The number of para-hydroxylation sites is 2. The number of amides is 1. The summed E-state index contributed by atoms with van der Waals surface area (Å²) in [5.41, 5.74) is 1.80. The molecule has 0 saturated carbocycles. The zero-order chi connectivity index (χ0) is 23.3. The van der Waals surface area contributed by atoms with Gasteiger partial charge in [0.25, 0.3) is 5.91 Å². The first-order valence-corrected chi connectivity index (χ1v) is 10.1. The molecule has 1 amide bonds. The van der Waals surface area contributed by atoms with Crippen molar-refractivity contribution in [3.8, 4) is 0 Å². The maximum atomic E-state index is 13.2. The van der Waals surface area contributed by atoms with E-state index in [0.29, 0.717) is 29.9 Å². The summed E-state index contributed by atoms with van der Waals surface area (Å²) in [4.78, 5) is 48.4. The van der Waals surface area contributed by atoms with Crippen molar-refractivity contribution in [3.05, 3.63) is 59.3 Å². The van der Waals surface area contributed by atoms with Gasteiger partial charge in [0.05, 0.1) is 36.4 Å². The van der Waals surface area contributed by atoms with Gasteiger partial charge >= 0.3 is 11.9 Å². The van der Waals surface area contributed by atoms with Crippen molar-refractivity contribution in [1.29, 1.82) is 0 Å². The van der Waals surface area contributed by atoms with Crippen LogP contribution in [0.25, 0.3) is 11.0 Å². The van der Waals surface area contributed by atoms with Crippen LogP contribution in [-0.4, -0.2) is 55.1 Å². The second-order valence-corrected chi connectivity index (χ2v) is 6.79. The molecule has 1 heterocycles. The van der Waals surface area contributed by atoms with E-state index in [0.717, 1.165) is 0 Å². The molecule has 0 bridgehead atoms. The van der Waals surface area contributed by atoms with Crippen LogP contribution < -0.4 is 10.2 Å². The van der Waals surface area contributed by atoms with Gasteiger partial charge in [-0.3, -0.25) is 4.79 Å². The molecular weight excluding hydrogens is 412 g/mol. The smallest absolute Gasteiger partial charge is 0.337 e. The molecule has 2 aromatic carbocycles. The first-order chi connectivity index (χ1) is 15.4. The number of carbonyl (C=O) groups excluding carboxylic acids is 3. The third-order valence-corrected chi connectivity index (χ3v) is 4.86. The summed E-state index contributed by atoms with van der Waals surface area (Å²) in [5.74, 6) is -1.38. The normalized spacial score (nSPS) is 10.5. The van der Waals surface area contributed by atoms with Gasteiger partial charge in [-0.25, -0.2) is 19.6 Å². The molecule has 1 N–H and O–H groups in total. The van der Waals surface area contributed by atoms with Gasteiger partial charge in [-0.2, -0.15) is 0 Å². The molecule has 0 aliphatic rings. The van der Waals surface area contributed by atoms with Crippen molar-refractivity contribution in [2.24, 2.45) is 0 Å². The first kappa shape index (κ1) is 22.7. The van der Waals surface area contributed by atoms with Crippen LogP contribution >= 0.6 is 0 Å². The minimum absolute atomic E-state index is 0.0965. The molecule has 0 atom stereocenters. The minimum atomic E-state index is -0.652. The molecule has 0 saturated heterocycles. The highest BCUT2D eigenvalue weighted by Gasteiger charge is 2.22. The molecule has 0 unspecified atom stereocenters. The molecule has 0 radical (unpaired) electrons. The van der Waals surface area contributed by atoms with Gasteiger partial charge in [-0.1, -0.05) is 12.1 Å². The standard InChI is InChI=1S/C23H24N4O5/c1-5-27(6-2)20-19(25-17-9-7-8-10-18(17)26-20)21(28)24-16-12-14(22(29)31-3)11-15(13-16)23(30)32-4/h7-13H,5-6H2,1-4H3,(H,24,28). The Kier molecular flexibility index (Phi) is 6.99. The van der Waals surface area contributed by atoms with Crippen molar-refractivity contribution in [3.63, 3.8) is 0 Å². The highest BCUT2D eigenvalue weighted by Crippen LogP contribution is 2.23. The number of anilines is 2. The lowest BCUT2D eigenvalue weighted by Gasteiger charge is -2.22. The summed E-state index contributed by atoms with van der Waals surface area (Å²) in [5, 5.41) is 2.72. The van der Waals surface area contributed by atoms with Crippen LogP contribution in [0.4, 0.5) is 11.5 Å². The Bertz CT molecular complexity index is 1140. The van der Waals surface area contributed by atoms with Gasteiger partial charge in [-0.15, -0.1) is 0 Å². The molecular formula is C23H24N4O5. The number of methoxy groups -OCH3 is 2. The number of rotatable bonds is 7. The minimum Gasteiger partial charge on any atom is -0.465 e. The Hall–Kier alpha value is -4.01. The lowest BCUT2D eigenvalue weighted by atomic mass is 10.1. The molecule has 0 fully saturated rings. The maximum absolute atomic E-state index is 13.2. The Morgan fingerprint density at radius 2 is 1.41 bits per heavy atom. The fraction of sp³-hybridized carbons (Fsp3) is 0.261. The molecule has 32 heavy (non-hydrogen) atoms. The van der Waals surface area contributed by atoms with Crippen molar-refractivity contribution in [2.75, 3.05) is 37.5 Å². The predicted octanol–water partition coefficient (Wildman–Crippen LogP) is 3.30. The van der Waals surface area contributed by atoms with Gasteiger partial charge < -0.3 is 19.7 Å². The monoisotopic (exact) mass is 436 g/mol. The molecule has 1 aromatic heterocycles. The van der Waals surface area contributed by atoms with E-state index in [4.69, 9.17) is 9.47 Å². The molecule has 0 aliphatic heterocycles. The van der Waals surface area contributed by atoms with Crippen molar-refractivity contribution >= 4 is 40.4 Å². The summed E-state index contributed by atoms with van der Waals surface area (Å²) in [6.07, 6.45) is 0. The van der Waals surface area contributed by atoms with Crippen molar-refractivity contribution in [2.45, 2.75) is 13.8 Å². The number of ether oxygens (including phenoxy) is 2. The van der Waals surface area contributed by atoms with Crippen molar-refractivity contribution in [1.82, 2.24) is 9.97 Å². The summed E-state index contributed by atoms with van der Waals surface area (Å²) in [7, 11) is 2.46. The third kappa shape index (κ3) is 4.66. The van der Waals surface area contributed by atoms with E-state index in [-0.39, 0.29) is 22.5 Å². The van der Waals surface area contributed by atoms with E-state index in [1.165, 1.54) is 32.4 Å². The third-order valence-electron chi connectivity index (χ3n) is 4.86. The van der Waals surface area contributed by atoms with Gasteiger partial charge in [-0.05, 0) is 44.2 Å². The van der Waals surface area contributed by atoms with Crippen LogP contribution in [0.2, 0.25) is 0 Å². The largest absolute Gasteiger partial charge is 0.465 e. The summed E-state index contributed by atoms with van der Waals surface area (Å²) in [6, 6.07) is 11.5. The maximum Gasteiger partial charge on any atom is 0.337 e. The number of esters is 2. The van der Waals surface area contributed by atoms with E-state index in [2.05, 4.69) is 15.3 Å². The average Bonchev–Trinajstić information content (AvgIpc) is 2.82. The molecule has 3 rings (SSSR count). The van der Waals surface area contributed by atoms with Crippen LogP contribution in [-0.2, 0) is 9.47 Å². The quantitative estimate of drug-likeness (QED) is 0.562. The zero-order valence-corrected chi connectivity index (χ0v) is 18.3. The summed E-state index contributed by atoms with van der Waals surface area (Å²) >= 11 is 0. The highest BCUT2D eigenvalue weighted by atomic mass is 16.5. The fourth-order valence-electron chi connectivity index (χ4n) is 3.25. The highest BCUT2D eigenvalue weighted by molar-refractivity contribution is 6.08. The second-order valence-electron chi connectivity index (χ2n) is 6.79. The van der Waals surface area contributed by atoms with Gasteiger partial charge in [0.2, 0.25) is 0 Å².